The van der Waals surface area contributed by atoms with Crippen LogP contribution in [0.2, 0.25) is 10.2 Å². The Labute approximate surface area is 204 Å². The lowest BCUT2D eigenvalue weighted by Gasteiger charge is -2.27. The number of anilines is 1. The van der Waals surface area contributed by atoms with Crippen molar-refractivity contribution in [2.45, 2.75) is 45.7 Å². The number of hydrogen-bond donors (Lipinski definition) is 3. The molecular weight excluding hydrogens is 461 g/mol. The molecule has 0 radical (unpaired) electrons. The van der Waals surface area contributed by atoms with Gasteiger partial charge in [0, 0.05) is 37.1 Å². The topological polar surface area (TPSA) is 90.9 Å². The van der Waals surface area contributed by atoms with Crippen molar-refractivity contribution in [2.24, 2.45) is 13.0 Å². The summed E-state index contributed by atoms with van der Waals surface area (Å²) >= 11 is 12.9. The first-order valence-corrected chi connectivity index (χ1v) is 11.9. The summed E-state index contributed by atoms with van der Waals surface area (Å²) in [6.45, 7) is 10.6. The number of halogens is 2. The number of nitrogens with one attached hydrogen (secondary N) is 3. The van der Waals surface area contributed by atoms with Crippen molar-refractivity contribution in [2.75, 3.05) is 25.5 Å². The average molecular weight is 492 g/mol. The van der Waals surface area contributed by atoms with Crippen LogP contribution in [0.5, 0.6) is 0 Å². The lowest BCUT2D eigenvalue weighted by atomic mass is 9.86. The number of carbonyl (C=O) groups excluding carboxylic acids is 1. The standard InChI is InChI=1S/C23H31Cl2N7O/c1-12-9-26-10-17(12)31(5)22(33)19-20(25)28-18(32(19)6)11-27-21-13-7-14(23(2,3)4)15(24)8-16(13)29-30-21/h7-8,12,17,26H,9-11H2,1-6H3,(H2,27,29,30)/t12-,17+/m0/s1. The predicted octanol–water partition coefficient (Wildman–Crippen LogP) is 4.19. The molecule has 0 bridgehead atoms. The fourth-order valence-electron chi connectivity index (χ4n) is 4.44. The number of nitrogens with zero attached hydrogens (tertiary/aromatic N) is 4. The van der Waals surface area contributed by atoms with Gasteiger partial charge in [-0.3, -0.25) is 9.89 Å². The van der Waals surface area contributed by atoms with E-state index in [4.69, 9.17) is 23.2 Å². The molecule has 1 amide bonds. The Morgan fingerprint density at radius 2 is 2.03 bits per heavy atom. The van der Waals surface area contributed by atoms with Crippen molar-refractivity contribution >= 4 is 45.8 Å². The molecule has 1 saturated heterocycles. The number of aromatic amines is 1. The normalized spacial score (nSPS) is 18.8. The van der Waals surface area contributed by atoms with Crippen LogP contribution in [0, 0.1) is 5.92 Å². The lowest BCUT2D eigenvalue weighted by molar-refractivity contribution is 0.0706. The molecule has 1 fully saturated rings. The van der Waals surface area contributed by atoms with Gasteiger partial charge in [0.1, 0.15) is 11.5 Å². The third kappa shape index (κ3) is 4.44. The molecule has 0 unspecified atom stereocenters. The van der Waals surface area contributed by atoms with Crippen LogP contribution in [0.25, 0.3) is 10.9 Å². The van der Waals surface area contributed by atoms with Gasteiger partial charge < -0.3 is 20.1 Å². The predicted molar refractivity (Wildman–Crippen MR) is 133 cm³/mol. The van der Waals surface area contributed by atoms with Crippen LogP contribution in [-0.2, 0) is 19.0 Å². The van der Waals surface area contributed by atoms with Crippen molar-refractivity contribution in [1.82, 2.24) is 30.0 Å². The van der Waals surface area contributed by atoms with Crippen LogP contribution in [0.3, 0.4) is 0 Å². The molecule has 2 atom stereocenters. The zero-order valence-corrected chi connectivity index (χ0v) is 21.4. The molecule has 4 rings (SSSR count). The lowest BCUT2D eigenvalue weighted by Crippen LogP contribution is -2.42. The molecule has 0 spiro atoms. The zero-order chi connectivity index (χ0) is 24.1. The summed E-state index contributed by atoms with van der Waals surface area (Å²) < 4.78 is 1.76. The summed E-state index contributed by atoms with van der Waals surface area (Å²) in [4.78, 5) is 19.4. The minimum Gasteiger partial charge on any atom is -0.361 e. The first-order valence-electron chi connectivity index (χ1n) is 11.1. The molecule has 1 aliphatic rings. The van der Waals surface area contributed by atoms with E-state index < -0.39 is 0 Å². The van der Waals surface area contributed by atoms with Crippen LogP contribution in [0.4, 0.5) is 5.82 Å². The monoisotopic (exact) mass is 491 g/mol. The molecule has 1 aliphatic heterocycles. The Bertz CT molecular complexity index is 1190. The fourth-order valence-corrected chi connectivity index (χ4v) is 5.19. The Hall–Kier alpha value is -2.29. The van der Waals surface area contributed by atoms with Gasteiger partial charge in [-0.25, -0.2) is 4.98 Å². The van der Waals surface area contributed by atoms with E-state index in [2.05, 4.69) is 59.6 Å². The van der Waals surface area contributed by atoms with Gasteiger partial charge in [-0.15, -0.1) is 0 Å². The molecule has 8 nitrogen and oxygen atoms in total. The van der Waals surface area contributed by atoms with Gasteiger partial charge in [0.25, 0.3) is 5.91 Å². The maximum Gasteiger partial charge on any atom is 0.273 e. The summed E-state index contributed by atoms with van der Waals surface area (Å²) in [6.07, 6.45) is 0. The molecule has 3 heterocycles. The van der Waals surface area contributed by atoms with Gasteiger partial charge in [-0.05, 0) is 35.6 Å². The molecule has 10 heteroatoms. The molecule has 0 aliphatic carbocycles. The van der Waals surface area contributed by atoms with Gasteiger partial charge in [-0.2, -0.15) is 5.10 Å². The van der Waals surface area contributed by atoms with Crippen molar-refractivity contribution in [1.29, 1.82) is 0 Å². The van der Waals surface area contributed by atoms with E-state index in [9.17, 15) is 4.79 Å². The number of aromatic nitrogens is 4. The van der Waals surface area contributed by atoms with E-state index in [0.29, 0.717) is 34.8 Å². The van der Waals surface area contributed by atoms with Gasteiger partial charge in [0.15, 0.2) is 11.0 Å². The zero-order valence-electron chi connectivity index (χ0n) is 19.9. The van der Waals surface area contributed by atoms with Crippen molar-refractivity contribution in [3.63, 3.8) is 0 Å². The maximum atomic E-state index is 13.2. The summed E-state index contributed by atoms with van der Waals surface area (Å²) in [5, 5.41) is 16.0. The highest BCUT2D eigenvalue weighted by Gasteiger charge is 2.32. The SMILES string of the molecule is C[C@H]1CNC[C@H]1N(C)C(=O)c1c(Cl)nc(CNc2n[nH]c3cc(Cl)c(C(C)(C)C)cc23)n1C. The smallest absolute Gasteiger partial charge is 0.273 e. The van der Waals surface area contributed by atoms with Crippen molar-refractivity contribution < 1.29 is 4.79 Å². The number of rotatable bonds is 5. The highest BCUT2D eigenvalue weighted by molar-refractivity contribution is 6.32. The summed E-state index contributed by atoms with van der Waals surface area (Å²) in [5.74, 6) is 1.60. The van der Waals surface area contributed by atoms with Crippen LogP contribution < -0.4 is 10.6 Å². The van der Waals surface area contributed by atoms with Gasteiger partial charge in [0.2, 0.25) is 0 Å². The van der Waals surface area contributed by atoms with E-state index in [1.54, 1.807) is 9.47 Å². The Balaban J connectivity index is 1.56. The third-order valence-corrected chi connectivity index (χ3v) is 7.09. The molecule has 2 aromatic heterocycles. The second-order valence-corrected chi connectivity index (χ2v) is 10.7. The first kappa shape index (κ1) is 23.9. The second-order valence-electron chi connectivity index (χ2n) is 9.90. The summed E-state index contributed by atoms with van der Waals surface area (Å²) in [5.41, 5.74) is 2.20. The van der Waals surface area contributed by atoms with Gasteiger partial charge >= 0.3 is 0 Å². The van der Waals surface area contributed by atoms with Crippen molar-refractivity contribution in [3.05, 3.63) is 39.4 Å². The highest BCUT2D eigenvalue weighted by atomic mass is 35.5. The number of benzene rings is 1. The largest absolute Gasteiger partial charge is 0.361 e. The molecule has 33 heavy (non-hydrogen) atoms. The molecule has 3 aromatic rings. The number of fused-ring (bicyclic) bond motifs is 1. The number of carbonyl (C=O) groups is 1. The minimum atomic E-state index is -0.128. The van der Waals surface area contributed by atoms with Crippen LogP contribution in [0.15, 0.2) is 12.1 Å². The number of hydrogen-bond acceptors (Lipinski definition) is 5. The Morgan fingerprint density at radius 1 is 1.30 bits per heavy atom. The molecule has 3 N–H and O–H groups in total. The minimum absolute atomic E-state index is 0.0966. The van der Waals surface area contributed by atoms with Crippen LogP contribution in [0.1, 0.15) is 49.6 Å². The average Bonchev–Trinajstić information content (AvgIpc) is 3.41. The van der Waals surface area contributed by atoms with E-state index in [0.717, 1.165) is 29.6 Å². The quantitative estimate of drug-likeness (QED) is 0.497. The van der Waals surface area contributed by atoms with Gasteiger partial charge in [-0.1, -0.05) is 50.9 Å². The molecular formula is C23H31Cl2N7O. The van der Waals surface area contributed by atoms with E-state index in [-0.39, 0.29) is 22.5 Å². The van der Waals surface area contributed by atoms with Crippen LogP contribution >= 0.6 is 23.2 Å². The number of likely N-dealkylation sites (N-methyl/N-ethyl adjacent to an activating group) is 1. The highest BCUT2D eigenvalue weighted by Crippen LogP contribution is 2.34. The van der Waals surface area contributed by atoms with Crippen molar-refractivity contribution in [3.8, 4) is 0 Å². The third-order valence-electron chi connectivity index (χ3n) is 6.51. The number of imidazole rings is 1. The fraction of sp³-hybridized carbons (Fsp3) is 0.522. The van der Waals surface area contributed by atoms with Gasteiger partial charge in [0.05, 0.1) is 12.1 Å². The summed E-state index contributed by atoms with van der Waals surface area (Å²) in [6, 6.07) is 4.10. The first-order chi connectivity index (χ1) is 15.5. The maximum absolute atomic E-state index is 13.2. The molecule has 1 aromatic carbocycles. The Morgan fingerprint density at radius 3 is 2.67 bits per heavy atom. The van der Waals surface area contributed by atoms with E-state index in [1.165, 1.54) is 0 Å². The van der Waals surface area contributed by atoms with Crippen LogP contribution in [-0.4, -0.2) is 56.7 Å². The van der Waals surface area contributed by atoms with E-state index in [1.807, 2.05) is 20.2 Å². The summed E-state index contributed by atoms with van der Waals surface area (Å²) in [7, 11) is 3.64. The number of amides is 1. The number of H-pyrrole nitrogens is 1. The second kappa shape index (κ2) is 8.81. The molecule has 178 valence electrons. The Kier molecular flexibility index (Phi) is 6.37. The molecule has 0 saturated carbocycles. The van der Waals surface area contributed by atoms with E-state index >= 15 is 0 Å².